The number of phenols is 1. The Morgan fingerprint density at radius 3 is 2.81 bits per heavy atom. The second-order valence-electron chi connectivity index (χ2n) is 3.22. The van der Waals surface area contributed by atoms with Crippen LogP contribution in [0.25, 0.3) is 0 Å². The zero-order valence-electron chi connectivity index (χ0n) is 9.41. The first-order chi connectivity index (χ1) is 7.70. The number of nitrogens with one attached hydrogen (secondary N) is 2. The van der Waals surface area contributed by atoms with Gasteiger partial charge in [-0.25, -0.2) is 0 Å². The third-order valence-corrected chi connectivity index (χ3v) is 2.12. The van der Waals surface area contributed by atoms with Crippen LogP contribution in [0.15, 0.2) is 18.2 Å². The van der Waals surface area contributed by atoms with E-state index in [0.717, 1.165) is 0 Å². The summed E-state index contributed by atoms with van der Waals surface area (Å²) in [6.07, 6.45) is 0. The molecule has 1 aromatic rings. The molecule has 0 radical (unpaired) electrons. The van der Waals surface area contributed by atoms with E-state index in [9.17, 15) is 9.90 Å². The fourth-order valence-corrected chi connectivity index (χ4v) is 1.27. The van der Waals surface area contributed by atoms with Crippen LogP contribution in [0, 0.1) is 0 Å². The Balaban J connectivity index is 2.75. The molecule has 0 fully saturated rings. The number of likely N-dealkylation sites (N-methyl/N-ethyl adjacent to an activating group) is 1. The molecule has 0 aliphatic rings. The van der Waals surface area contributed by atoms with Gasteiger partial charge in [0.1, 0.15) is 0 Å². The summed E-state index contributed by atoms with van der Waals surface area (Å²) >= 11 is 0. The monoisotopic (exact) mass is 224 g/mol. The topological polar surface area (TPSA) is 70.6 Å². The van der Waals surface area contributed by atoms with Crippen molar-refractivity contribution in [3.05, 3.63) is 23.8 Å². The lowest BCUT2D eigenvalue weighted by Gasteiger charge is -2.09. The van der Waals surface area contributed by atoms with Crippen molar-refractivity contribution in [3.63, 3.8) is 0 Å². The zero-order valence-corrected chi connectivity index (χ0v) is 9.41. The normalized spacial score (nSPS) is 9.88. The van der Waals surface area contributed by atoms with Crippen molar-refractivity contribution < 1.29 is 14.6 Å². The molecule has 0 spiro atoms. The highest BCUT2D eigenvalue weighted by atomic mass is 16.5. The van der Waals surface area contributed by atoms with Crippen LogP contribution in [0.4, 0.5) is 0 Å². The van der Waals surface area contributed by atoms with Gasteiger partial charge in [-0.15, -0.1) is 0 Å². The van der Waals surface area contributed by atoms with E-state index in [4.69, 9.17) is 4.74 Å². The highest BCUT2D eigenvalue weighted by molar-refractivity contribution is 5.97. The molecular formula is C11H16N2O3. The third-order valence-electron chi connectivity index (χ3n) is 2.12. The van der Waals surface area contributed by atoms with Crippen LogP contribution >= 0.6 is 0 Å². The lowest BCUT2D eigenvalue weighted by atomic mass is 10.1. The van der Waals surface area contributed by atoms with Gasteiger partial charge in [0.25, 0.3) is 5.91 Å². The molecule has 0 heterocycles. The molecule has 0 unspecified atom stereocenters. The maximum Gasteiger partial charge on any atom is 0.255 e. The Hall–Kier alpha value is -1.75. The Labute approximate surface area is 94.4 Å². The molecule has 3 N–H and O–H groups in total. The van der Waals surface area contributed by atoms with Gasteiger partial charge in [0.2, 0.25) is 0 Å². The number of methoxy groups -OCH3 is 1. The molecule has 0 aliphatic carbocycles. The first-order valence-corrected chi connectivity index (χ1v) is 4.99. The summed E-state index contributed by atoms with van der Waals surface area (Å²) in [5.74, 6) is -0.153. The van der Waals surface area contributed by atoms with Crippen LogP contribution in [0.5, 0.6) is 11.5 Å². The lowest BCUT2D eigenvalue weighted by molar-refractivity contribution is 0.0951. The predicted octanol–water partition coefficient (Wildman–Crippen LogP) is 0.350. The highest BCUT2D eigenvalue weighted by Crippen LogP contribution is 2.28. The van der Waals surface area contributed by atoms with E-state index in [1.165, 1.54) is 7.11 Å². The highest BCUT2D eigenvalue weighted by Gasteiger charge is 2.13. The van der Waals surface area contributed by atoms with Crippen LogP contribution in [0.3, 0.4) is 0 Å². The van der Waals surface area contributed by atoms with E-state index >= 15 is 0 Å². The second-order valence-corrected chi connectivity index (χ2v) is 3.22. The van der Waals surface area contributed by atoms with Gasteiger partial charge in [0.15, 0.2) is 11.5 Å². The van der Waals surface area contributed by atoms with E-state index in [-0.39, 0.29) is 17.2 Å². The minimum atomic E-state index is -0.313. The summed E-state index contributed by atoms with van der Waals surface area (Å²) in [4.78, 5) is 11.7. The van der Waals surface area contributed by atoms with Gasteiger partial charge in [-0.3, -0.25) is 4.79 Å². The molecule has 0 aliphatic heterocycles. The SMILES string of the molecule is CNCCNC(=O)c1cccc(OC)c1O. The Kier molecular flexibility index (Phi) is 4.60. The number of carbonyl (C=O) groups is 1. The fourth-order valence-electron chi connectivity index (χ4n) is 1.27. The van der Waals surface area contributed by atoms with Gasteiger partial charge in [0, 0.05) is 13.1 Å². The first kappa shape index (κ1) is 12.3. The van der Waals surface area contributed by atoms with Crippen molar-refractivity contribution in [2.24, 2.45) is 0 Å². The Bertz CT molecular complexity index is 366. The minimum absolute atomic E-state index is 0.132. The predicted molar refractivity (Wildman–Crippen MR) is 60.9 cm³/mol. The van der Waals surface area contributed by atoms with E-state index in [2.05, 4.69) is 10.6 Å². The molecule has 1 amide bonds. The van der Waals surface area contributed by atoms with Gasteiger partial charge >= 0.3 is 0 Å². The molecule has 88 valence electrons. The van der Waals surface area contributed by atoms with Gasteiger partial charge in [-0.2, -0.15) is 0 Å². The Morgan fingerprint density at radius 2 is 2.19 bits per heavy atom. The number of hydrogen-bond donors (Lipinski definition) is 3. The van der Waals surface area contributed by atoms with Crippen LogP contribution in [-0.4, -0.2) is 38.3 Å². The number of ether oxygens (including phenoxy) is 1. The molecule has 0 saturated heterocycles. The molecule has 0 bridgehead atoms. The van der Waals surface area contributed by atoms with Crippen molar-refractivity contribution in [2.75, 3.05) is 27.2 Å². The number of rotatable bonds is 5. The molecular weight excluding hydrogens is 208 g/mol. The second kappa shape index (κ2) is 5.97. The van der Waals surface area contributed by atoms with Crippen molar-refractivity contribution in [2.45, 2.75) is 0 Å². The number of phenolic OH excluding ortho intramolecular Hbond substituents is 1. The van der Waals surface area contributed by atoms with Crippen molar-refractivity contribution in [1.29, 1.82) is 0 Å². The van der Waals surface area contributed by atoms with Gasteiger partial charge in [0.05, 0.1) is 12.7 Å². The van der Waals surface area contributed by atoms with Crippen LogP contribution in [0.1, 0.15) is 10.4 Å². The number of aromatic hydroxyl groups is 1. The van der Waals surface area contributed by atoms with Crippen molar-refractivity contribution in [1.82, 2.24) is 10.6 Å². The summed E-state index contributed by atoms with van der Waals surface area (Å²) in [5, 5.41) is 15.3. The number of carbonyl (C=O) groups excluding carboxylic acids is 1. The summed E-state index contributed by atoms with van der Waals surface area (Å²) < 4.78 is 4.92. The molecule has 0 saturated carbocycles. The minimum Gasteiger partial charge on any atom is -0.504 e. The maximum absolute atomic E-state index is 11.7. The van der Waals surface area contributed by atoms with Gasteiger partial charge in [-0.05, 0) is 19.2 Å². The zero-order chi connectivity index (χ0) is 12.0. The molecule has 0 aromatic heterocycles. The summed E-state index contributed by atoms with van der Waals surface area (Å²) in [7, 11) is 3.24. The first-order valence-electron chi connectivity index (χ1n) is 4.99. The van der Waals surface area contributed by atoms with Crippen LogP contribution in [0.2, 0.25) is 0 Å². The quantitative estimate of drug-likeness (QED) is 0.631. The summed E-state index contributed by atoms with van der Waals surface area (Å²) in [6.45, 7) is 1.18. The fraction of sp³-hybridized carbons (Fsp3) is 0.364. The van der Waals surface area contributed by atoms with Gasteiger partial charge < -0.3 is 20.5 Å². The Morgan fingerprint density at radius 1 is 1.44 bits per heavy atom. The lowest BCUT2D eigenvalue weighted by Crippen LogP contribution is -2.30. The maximum atomic E-state index is 11.7. The molecule has 5 heteroatoms. The number of hydrogen-bond acceptors (Lipinski definition) is 4. The van der Waals surface area contributed by atoms with E-state index in [1.54, 1.807) is 25.2 Å². The van der Waals surface area contributed by atoms with Crippen LogP contribution < -0.4 is 15.4 Å². The summed E-state index contributed by atoms with van der Waals surface area (Å²) in [5.41, 5.74) is 0.218. The standard InChI is InChI=1S/C11H16N2O3/c1-12-6-7-13-11(15)8-4-3-5-9(16-2)10(8)14/h3-5,12,14H,6-7H2,1-2H3,(H,13,15). The van der Waals surface area contributed by atoms with E-state index in [1.807, 2.05) is 0 Å². The average Bonchev–Trinajstić information content (AvgIpc) is 2.29. The van der Waals surface area contributed by atoms with E-state index in [0.29, 0.717) is 18.8 Å². The largest absolute Gasteiger partial charge is 0.504 e. The van der Waals surface area contributed by atoms with E-state index < -0.39 is 0 Å². The smallest absolute Gasteiger partial charge is 0.255 e. The van der Waals surface area contributed by atoms with Crippen molar-refractivity contribution >= 4 is 5.91 Å². The number of para-hydroxylation sites is 1. The molecule has 16 heavy (non-hydrogen) atoms. The average molecular weight is 224 g/mol. The summed E-state index contributed by atoms with van der Waals surface area (Å²) in [6, 6.07) is 4.80. The number of amides is 1. The van der Waals surface area contributed by atoms with Crippen LogP contribution in [-0.2, 0) is 0 Å². The number of benzene rings is 1. The van der Waals surface area contributed by atoms with Crippen molar-refractivity contribution in [3.8, 4) is 11.5 Å². The third kappa shape index (κ3) is 2.87. The van der Waals surface area contributed by atoms with Gasteiger partial charge in [-0.1, -0.05) is 6.07 Å². The molecule has 0 atom stereocenters. The molecule has 1 rings (SSSR count). The molecule has 5 nitrogen and oxygen atoms in total. The molecule has 1 aromatic carbocycles.